The van der Waals surface area contributed by atoms with Crippen molar-refractivity contribution in [3.05, 3.63) is 35.9 Å². The van der Waals surface area contributed by atoms with Gasteiger partial charge in [0, 0.05) is 6.04 Å². The van der Waals surface area contributed by atoms with Gasteiger partial charge in [-0.05, 0) is 49.6 Å². The minimum atomic E-state index is -0.0297. The zero-order chi connectivity index (χ0) is 11.7. The number of nitrogens with one attached hydrogen (secondary N) is 1. The first kappa shape index (κ1) is 11.2. The van der Waals surface area contributed by atoms with Crippen LogP contribution in [-0.2, 0) is 0 Å². The fourth-order valence-corrected chi connectivity index (χ4v) is 2.81. The van der Waals surface area contributed by atoms with E-state index < -0.39 is 0 Å². The largest absolute Gasteiger partial charge is 0.393 e. The van der Waals surface area contributed by atoms with Gasteiger partial charge in [0.1, 0.15) is 0 Å². The summed E-state index contributed by atoms with van der Waals surface area (Å²) in [6.07, 6.45) is 4.66. The van der Waals surface area contributed by atoms with Gasteiger partial charge in [-0.25, -0.2) is 0 Å². The molecule has 1 atom stereocenters. The van der Waals surface area contributed by atoms with Crippen molar-refractivity contribution in [3.8, 4) is 0 Å². The number of aliphatic hydroxyl groups is 1. The minimum Gasteiger partial charge on any atom is -0.393 e. The third-order valence-electron chi connectivity index (χ3n) is 4.09. The van der Waals surface area contributed by atoms with Crippen molar-refractivity contribution in [3.63, 3.8) is 0 Å². The molecular formula is C15H21NO. The summed E-state index contributed by atoms with van der Waals surface area (Å²) in [6, 6.07) is 11.3. The molecule has 2 saturated carbocycles. The van der Waals surface area contributed by atoms with Crippen molar-refractivity contribution in [1.29, 1.82) is 0 Å². The maximum absolute atomic E-state index is 9.29. The zero-order valence-electron chi connectivity index (χ0n) is 10.2. The Labute approximate surface area is 103 Å². The van der Waals surface area contributed by atoms with Crippen molar-refractivity contribution >= 4 is 0 Å². The molecule has 2 aliphatic carbocycles. The fraction of sp³-hybridized carbons (Fsp3) is 0.600. The zero-order valence-corrected chi connectivity index (χ0v) is 10.2. The second-order valence-corrected chi connectivity index (χ2v) is 5.63. The van der Waals surface area contributed by atoms with Crippen LogP contribution in [0.15, 0.2) is 30.3 Å². The van der Waals surface area contributed by atoms with Crippen molar-refractivity contribution < 1.29 is 5.11 Å². The molecule has 0 aliphatic heterocycles. The van der Waals surface area contributed by atoms with E-state index in [0.717, 1.165) is 25.3 Å². The molecule has 0 bridgehead atoms. The van der Waals surface area contributed by atoms with E-state index in [1.807, 2.05) is 0 Å². The molecule has 2 nitrogen and oxygen atoms in total. The van der Waals surface area contributed by atoms with Gasteiger partial charge < -0.3 is 10.4 Å². The second kappa shape index (κ2) is 4.79. The van der Waals surface area contributed by atoms with Crippen LogP contribution in [0, 0.1) is 11.8 Å². The van der Waals surface area contributed by atoms with E-state index in [4.69, 9.17) is 0 Å². The van der Waals surface area contributed by atoms with Crippen LogP contribution in [0.5, 0.6) is 0 Å². The lowest BCUT2D eigenvalue weighted by Crippen LogP contribution is -2.38. The molecule has 0 aromatic heterocycles. The molecule has 2 aliphatic rings. The van der Waals surface area contributed by atoms with Crippen LogP contribution in [0.25, 0.3) is 0 Å². The first-order chi connectivity index (χ1) is 8.33. The molecule has 1 unspecified atom stereocenters. The van der Waals surface area contributed by atoms with Gasteiger partial charge in [0.05, 0.1) is 6.10 Å². The van der Waals surface area contributed by atoms with Crippen LogP contribution in [0.3, 0.4) is 0 Å². The Morgan fingerprint density at radius 3 is 2.47 bits per heavy atom. The van der Waals surface area contributed by atoms with E-state index in [0.29, 0.717) is 12.0 Å². The van der Waals surface area contributed by atoms with Gasteiger partial charge in [-0.2, -0.15) is 0 Å². The average molecular weight is 231 g/mol. The summed E-state index contributed by atoms with van der Waals surface area (Å²) >= 11 is 0. The lowest BCUT2D eigenvalue weighted by Gasteiger charge is -2.33. The average Bonchev–Trinajstić information content (AvgIpc) is 3.12. The molecule has 1 aromatic carbocycles. The molecule has 2 N–H and O–H groups in total. The van der Waals surface area contributed by atoms with Crippen molar-refractivity contribution in [2.75, 3.05) is 6.54 Å². The summed E-state index contributed by atoms with van der Waals surface area (Å²) in [5.41, 5.74) is 1.43. The van der Waals surface area contributed by atoms with Crippen LogP contribution in [0.1, 0.15) is 37.3 Å². The third-order valence-corrected chi connectivity index (χ3v) is 4.09. The normalized spacial score (nSPS) is 29.7. The SMILES string of the molecule is OC1CC(CNC(c2ccccc2)C2CC2)C1. The quantitative estimate of drug-likeness (QED) is 0.816. The van der Waals surface area contributed by atoms with E-state index in [1.165, 1.54) is 18.4 Å². The maximum atomic E-state index is 9.29. The lowest BCUT2D eigenvalue weighted by atomic mass is 9.82. The van der Waals surface area contributed by atoms with Gasteiger partial charge in [0.25, 0.3) is 0 Å². The van der Waals surface area contributed by atoms with Gasteiger partial charge in [-0.15, -0.1) is 0 Å². The highest BCUT2D eigenvalue weighted by Gasteiger charge is 2.34. The number of rotatable bonds is 5. The molecule has 0 heterocycles. The molecule has 2 fully saturated rings. The first-order valence-electron chi connectivity index (χ1n) is 6.79. The van der Waals surface area contributed by atoms with Crippen LogP contribution in [0.2, 0.25) is 0 Å². The predicted octanol–water partition coefficient (Wildman–Crippen LogP) is 2.50. The Balaban J connectivity index is 1.57. The van der Waals surface area contributed by atoms with Gasteiger partial charge in [0.15, 0.2) is 0 Å². The highest BCUT2D eigenvalue weighted by Crippen LogP contribution is 2.41. The Kier molecular flexibility index (Phi) is 3.17. The second-order valence-electron chi connectivity index (χ2n) is 5.63. The fourth-order valence-electron chi connectivity index (χ4n) is 2.81. The Morgan fingerprint density at radius 2 is 1.88 bits per heavy atom. The minimum absolute atomic E-state index is 0.0297. The highest BCUT2D eigenvalue weighted by atomic mass is 16.3. The van der Waals surface area contributed by atoms with Gasteiger partial charge in [-0.1, -0.05) is 30.3 Å². The molecule has 0 amide bonds. The van der Waals surface area contributed by atoms with Crippen molar-refractivity contribution in [2.24, 2.45) is 11.8 Å². The van der Waals surface area contributed by atoms with Gasteiger partial charge in [0.2, 0.25) is 0 Å². The Hall–Kier alpha value is -0.860. The van der Waals surface area contributed by atoms with E-state index in [-0.39, 0.29) is 6.10 Å². The number of benzene rings is 1. The summed E-state index contributed by atoms with van der Waals surface area (Å²) < 4.78 is 0. The lowest BCUT2D eigenvalue weighted by molar-refractivity contribution is 0.0415. The Bertz CT molecular complexity index is 354. The predicted molar refractivity (Wildman–Crippen MR) is 68.6 cm³/mol. The standard InChI is InChI=1S/C15H21NO/c17-14-8-11(9-14)10-16-15(13-6-7-13)12-4-2-1-3-5-12/h1-5,11,13-17H,6-10H2. The third kappa shape index (κ3) is 2.70. The number of aliphatic hydroxyl groups excluding tert-OH is 1. The summed E-state index contributed by atoms with van der Waals surface area (Å²) in [5, 5.41) is 13.0. The van der Waals surface area contributed by atoms with Crippen LogP contribution in [0.4, 0.5) is 0 Å². The van der Waals surface area contributed by atoms with Crippen LogP contribution in [-0.4, -0.2) is 17.8 Å². The van der Waals surface area contributed by atoms with E-state index in [1.54, 1.807) is 0 Å². The van der Waals surface area contributed by atoms with Crippen LogP contribution >= 0.6 is 0 Å². The van der Waals surface area contributed by atoms with E-state index in [9.17, 15) is 5.11 Å². The molecule has 17 heavy (non-hydrogen) atoms. The highest BCUT2D eigenvalue weighted by molar-refractivity contribution is 5.21. The summed E-state index contributed by atoms with van der Waals surface area (Å²) in [4.78, 5) is 0. The van der Waals surface area contributed by atoms with E-state index in [2.05, 4.69) is 35.6 Å². The molecule has 0 saturated heterocycles. The molecule has 0 radical (unpaired) electrons. The Morgan fingerprint density at radius 1 is 1.18 bits per heavy atom. The van der Waals surface area contributed by atoms with Crippen molar-refractivity contribution in [1.82, 2.24) is 5.32 Å². The smallest absolute Gasteiger partial charge is 0.0546 e. The number of hydrogen-bond donors (Lipinski definition) is 2. The molecule has 3 rings (SSSR count). The molecule has 1 aromatic rings. The van der Waals surface area contributed by atoms with Gasteiger partial charge in [-0.3, -0.25) is 0 Å². The maximum Gasteiger partial charge on any atom is 0.0546 e. The molecule has 92 valence electrons. The first-order valence-corrected chi connectivity index (χ1v) is 6.79. The van der Waals surface area contributed by atoms with Crippen molar-refractivity contribution in [2.45, 2.75) is 37.8 Å². The summed E-state index contributed by atoms with van der Waals surface area (Å²) in [5.74, 6) is 1.53. The summed E-state index contributed by atoms with van der Waals surface area (Å²) in [6.45, 7) is 1.06. The summed E-state index contributed by atoms with van der Waals surface area (Å²) in [7, 11) is 0. The van der Waals surface area contributed by atoms with Crippen LogP contribution < -0.4 is 5.32 Å². The monoisotopic (exact) mass is 231 g/mol. The molecule has 2 heteroatoms. The molecular weight excluding hydrogens is 210 g/mol. The molecule has 0 spiro atoms. The number of hydrogen-bond acceptors (Lipinski definition) is 2. The topological polar surface area (TPSA) is 32.3 Å². The van der Waals surface area contributed by atoms with Gasteiger partial charge >= 0.3 is 0 Å². The van der Waals surface area contributed by atoms with E-state index >= 15 is 0 Å².